The predicted octanol–water partition coefficient (Wildman–Crippen LogP) is 4.92. The van der Waals surface area contributed by atoms with Crippen molar-refractivity contribution in [2.75, 3.05) is 25.0 Å². The van der Waals surface area contributed by atoms with Gasteiger partial charge in [-0.3, -0.25) is 33.5 Å². The molecule has 1 unspecified atom stereocenters. The van der Waals surface area contributed by atoms with Gasteiger partial charge in [0.25, 0.3) is 5.91 Å². The Bertz CT molecular complexity index is 2360. The molecule has 5 heterocycles. The minimum atomic E-state index is -4.65. The number of benzene rings is 2. The van der Waals surface area contributed by atoms with E-state index in [4.69, 9.17) is 5.10 Å². The third-order valence-electron chi connectivity index (χ3n) is 11.5. The molecule has 3 fully saturated rings. The quantitative estimate of drug-likeness (QED) is 0.198. The summed E-state index contributed by atoms with van der Waals surface area (Å²) >= 11 is 0. The van der Waals surface area contributed by atoms with Crippen molar-refractivity contribution in [1.82, 2.24) is 34.1 Å². The number of β-amino-alcohol motifs (C(OH)–C–C–N with tert-alkyl or cyclic N) is 1. The van der Waals surface area contributed by atoms with Crippen molar-refractivity contribution in [3.63, 3.8) is 0 Å². The van der Waals surface area contributed by atoms with Crippen molar-refractivity contribution >= 4 is 45.3 Å². The molecular weight excluding hydrogens is 717 g/mol. The lowest BCUT2D eigenvalue weighted by Gasteiger charge is -2.39. The van der Waals surface area contributed by atoms with Crippen LogP contribution in [0.15, 0.2) is 65.6 Å². The highest BCUT2D eigenvalue weighted by Gasteiger charge is 2.36. The zero-order chi connectivity index (χ0) is 38.6. The molecule has 3 aliphatic rings. The fourth-order valence-electron chi connectivity index (χ4n) is 8.70. The minimum Gasteiger partial charge on any atom is -0.391 e. The molecule has 3 atom stereocenters. The SMILES string of the molecule is Cn1c(=O)n(C2CCC(=O)NC2=O)c2cccc([C@H]3CCN(C[C@H]4CC[C@H](n5cc6cc(NC(=O)c7cccc(C(F)(F)F)n7)ccc6n5)CC4)C[C@@H]3O)c21. The summed E-state index contributed by atoms with van der Waals surface area (Å²) in [5, 5.41) is 22.0. The Morgan fingerprint density at radius 2 is 1.78 bits per heavy atom. The molecule has 0 radical (unpaired) electrons. The highest BCUT2D eigenvalue weighted by Crippen LogP contribution is 2.37. The van der Waals surface area contributed by atoms with Crippen molar-refractivity contribution in [2.24, 2.45) is 13.0 Å². The van der Waals surface area contributed by atoms with E-state index in [2.05, 4.69) is 20.5 Å². The number of carbonyl (C=O) groups is 3. The zero-order valence-electron chi connectivity index (χ0n) is 30.1. The summed E-state index contributed by atoms with van der Waals surface area (Å²) in [5.41, 5.74) is 1.59. The molecule has 5 aromatic rings. The van der Waals surface area contributed by atoms with Crippen LogP contribution in [0.25, 0.3) is 21.9 Å². The van der Waals surface area contributed by atoms with E-state index in [1.165, 1.54) is 10.6 Å². The average molecular weight is 759 g/mol. The lowest BCUT2D eigenvalue weighted by molar-refractivity contribution is -0.141. The number of piperidine rings is 2. The van der Waals surface area contributed by atoms with Crippen LogP contribution in [-0.2, 0) is 22.8 Å². The van der Waals surface area contributed by atoms with Crippen LogP contribution in [-0.4, -0.2) is 77.4 Å². The van der Waals surface area contributed by atoms with Gasteiger partial charge in [-0.1, -0.05) is 18.2 Å². The number of pyridine rings is 1. The summed E-state index contributed by atoms with van der Waals surface area (Å²) in [7, 11) is 1.68. The van der Waals surface area contributed by atoms with Gasteiger partial charge in [-0.25, -0.2) is 9.78 Å². The van der Waals surface area contributed by atoms with Crippen LogP contribution in [0.5, 0.6) is 0 Å². The Morgan fingerprint density at radius 3 is 2.53 bits per heavy atom. The van der Waals surface area contributed by atoms with Crippen LogP contribution < -0.4 is 16.3 Å². The number of carbonyl (C=O) groups excluding carboxylic acids is 3. The van der Waals surface area contributed by atoms with Gasteiger partial charge < -0.3 is 15.3 Å². The van der Waals surface area contributed by atoms with Gasteiger partial charge in [0.15, 0.2) is 0 Å². The lowest BCUT2D eigenvalue weighted by atomic mass is 9.83. The number of nitrogens with one attached hydrogen (secondary N) is 2. The topological polar surface area (TPSA) is 156 Å². The second-order valence-electron chi connectivity index (χ2n) is 15.0. The number of aryl methyl sites for hydroxylation is 1. The van der Waals surface area contributed by atoms with E-state index in [1.54, 1.807) is 29.8 Å². The van der Waals surface area contributed by atoms with E-state index in [-0.39, 0.29) is 42.1 Å². The summed E-state index contributed by atoms with van der Waals surface area (Å²) in [4.78, 5) is 56.4. The molecule has 13 nitrogen and oxygen atoms in total. The maximum absolute atomic E-state index is 13.4. The average Bonchev–Trinajstić information content (AvgIpc) is 3.69. The molecule has 2 saturated heterocycles. The molecule has 2 aliphatic heterocycles. The zero-order valence-corrected chi connectivity index (χ0v) is 30.1. The molecule has 8 rings (SSSR count). The molecule has 288 valence electrons. The van der Waals surface area contributed by atoms with Crippen molar-refractivity contribution in [1.29, 1.82) is 0 Å². The maximum atomic E-state index is 13.4. The third-order valence-corrected chi connectivity index (χ3v) is 11.5. The minimum absolute atomic E-state index is 0.166. The number of amides is 3. The third kappa shape index (κ3) is 7.15. The highest BCUT2D eigenvalue weighted by atomic mass is 19.4. The molecule has 0 spiro atoms. The number of aliphatic hydroxyl groups is 1. The Labute approximate surface area is 313 Å². The number of imidazole rings is 1. The van der Waals surface area contributed by atoms with Crippen LogP contribution in [0.1, 0.15) is 84.7 Å². The second-order valence-corrected chi connectivity index (χ2v) is 15.0. The van der Waals surface area contributed by atoms with Gasteiger partial charge in [-0.15, -0.1) is 0 Å². The largest absolute Gasteiger partial charge is 0.433 e. The Hall–Kier alpha value is -5.35. The molecule has 2 aromatic carbocycles. The number of hydrogen-bond acceptors (Lipinski definition) is 8. The second kappa shape index (κ2) is 14.4. The molecule has 3 aromatic heterocycles. The van der Waals surface area contributed by atoms with Crippen LogP contribution >= 0.6 is 0 Å². The molecular formula is C39H41F3N8O5. The van der Waals surface area contributed by atoms with E-state index in [0.717, 1.165) is 67.4 Å². The Kier molecular flexibility index (Phi) is 9.57. The van der Waals surface area contributed by atoms with Gasteiger partial charge in [-0.05, 0) is 92.9 Å². The van der Waals surface area contributed by atoms with Crippen LogP contribution in [0.2, 0.25) is 0 Å². The number of rotatable bonds is 7. The van der Waals surface area contributed by atoms with Crippen LogP contribution in [0.3, 0.4) is 0 Å². The molecule has 16 heteroatoms. The standard InChI is InChI=1S/C39H41F3N8O5/c1-47-35-27(4-2-6-30(35)50(38(47)55)31-14-15-34(52)45-37(31)54)26-16-17-48(21-32(26)51)19-22-8-11-25(12-9-22)49-20-23-18-24(10-13-28(23)46-49)43-36(53)29-5-3-7-33(44-29)39(40,41)42/h2-7,10,13,18,20,22,25-26,31-32,51H,8-9,11-12,14-17,19,21H2,1H3,(H,43,53)(H,45,52,54)/t22-,25-,26-,31?,32+/m1/s1. The first-order valence-corrected chi connectivity index (χ1v) is 18.6. The number of aromatic nitrogens is 5. The van der Waals surface area contributed by atoms with Gasteiger partial charge in [0.05, 0.1) is 28.7 Å². The number of imide groups is 1. The van der Waals surface area contributed by atoms with Gasteiger partial charge in [0, 0.05) is 49.7 Å². The van der Waals surface area contributed by atoms with Gasteiger partial charge >= 0.3 is 11.9 Å². The van der Waals surface area contributed by atoms with Crippen molar-refractivity contribution in [3.05, 3.63) is 88.2 Å². The van der Waals surface area contributed by atoms with Gasteiger partial charge in [0.1, 0.15) is 17.4 Å². The molecule has 1 saturated carbocycles. The highest BCUT2D eigenvalue weighted by molar-refractivity contribution is 6.04. The smallest absolute Gasteiger partial charge is 0.391 e. The fraction of sp³-hybridized carbons (Fsp3) is 0.436. The number of fused-ring (bicyclic) bond motifs is 2. The number of aliphatic hydroxyl groups excluding tert-OH is 1. The number of halogens is 3. The van der Waals surface area contributed by atoms with Gasteiger partial charge in [0.2, 0.25) is 11.8 Å². The van der Waals surface area contributed by atoms with E-state index in [9.17, 15) is 37.5 Å². The van der Waals surface area contributed by atoms with Crippen molar-refractivity contribution in [2.45, 2.75) is 75.2 Å². The van der Waals surface area contributed by atoms with Crippen LogP contribution in [0, 0.1) is 5.92 Å². The number of alkyl halides is 3. The normalized spacial score (nSPS) is 24.0. The first-order valence-electron chi connectivity index (χ1n) is 18.6. The molecule has 0 bridgehead atoms. The fourth-order valence-corrected chi connectivity index (χ4v) is 8.70. The van der Waals surface area contributed by atoms with Crippen molar-refractivity contribution < 1.29 is 32.7 Å². The maximum Gasteiger partial charge on any atom is 0.433 e. The number of hydrogen-bond donors (Lipinski definition) is 3. The van der Waals surface area contributed by atoms with E-state index in [1.807, 2.05) is 29.1 Å². The lowest BCUT2D eigenvalue weighted by Crippen LogP contribution is -2.45. The molecule has 1 aliphatic carbocycles. The molecule has 55 heavy (non-hydrogen) atoms. The van der Waals surface area contributed by atoms with Crippen molar-refractivity contribution in [3.8, 4) is 0 Å². The number of anilines is 1. The van der Waals surface area contributed by atoms with E-state index in [0.29, 0.717) is 35.6 Å². The van der Waals surface area contributed by atoms with Crippen LogP contribution in [0.4, 0.5) is 18.9 Å². The number of para-hydroxylation sites is 1. The van der Waals surface area contributed by atoms with E-state index >= 15 is 0 Å². The number of likely N-dealkylation sites (tertiary alicyclic amines) is 1. The first-order chi connectivity index (χ1) is 26.3. The predicted molar refractivity (Wildman–Crippen MR) is 196 cm³/mol. The number of nitrogens with zero attached hydrogens (tertiary/aromatic N) is 6. The first kappa shape index (κ1) is 36.6. The summed E-state index contributed by atoms with van der Waals surface area (Å²) in [6.45, 7) is 2.18. The Morgan fingerprint density at radius 1 is 1.00 bits per heavy atom. The summed E-state index contributed by atoms with van der Waals surface area (Å²) in [5.74, 6) is -1.28. The van der Waals surface area contributed by atoms with Gasteiger partial charge in [-0.2, -0.15) is 18.3 Å². The molecule has 3 N–H and O–H groups in total. The van der Waals surface area contributed by atoms with E-state index < -0.39 is 35.8 Å². The summed E-state index contributed by atoms with van der Waals surface area (Å²) in [6, 6.07) is 13.5. The Balaban J connectivity index is 0.872. The summed E-state index contributed by atoms with van der Waals surface area (Å²) < 4.78 is 44.2. The molecule has 3 amide bonds. The summed E-state index contributed by atoms with van der Waals surface area (Å²) in [6.07, 6.45) is 1.65. The monoisotopic (exact) mass is 758 g/mol.